The summed E-state index contributed by atoms with van der Waals surface area (Å²) in [6, 6.07) is 54.2. The molecule has 47 heavy (non-hydrogen) atoms. The van der Waals surface area contributed by atoms with Crippen LogP contribution in [0.15, 0.2) is 168 Å². The lowest BCUT2D eigenvalue weighted by Crippen LogP contribution is -2.28. The quantitative estimate of drug-likeness (QED) is 0.171. The van der Waals surface area contributed by atoms with Crippen LogP contribution in [0.4, 0.5) is 22.7 Å². The standard InChI is InChI=1S/C43H30BrN2P/c44-29-23-26-41-42(27-29)46(31-15-5-2-6-16-31)47(45(41)30-13-3-1-4-14-30)32-24-25-36-35-19-9-12-22-39(35)43(40(36)28-32)37-20-10-7-17-33(37)34-18-8-11-21-38(34)43/h1-7,9-10,12-28H,8,11H2. The highest BCUT2D eigenvalue weighted by Crippen LogP contribution is 2.67. The van der Waals surface area contributed by atoms with E-state index < -0.39 is 8.22 Å². The van der Waals surface area contributed by atoms with Gasteiger partial charge in [0.05, 0.1) is 16.8 Å². The SMILES string of the molecule is Brc1ccc2c(c1)N(c1ccccc1)P(c1ccc3c(c1)C1(C4=CCCC=C4c4ccccc41)c1ccccc1-3)N2c1ccccc1. The molecule has 1 aliphatic heterocycles. The van der Waals surface area contributed by atoms with Crippen molar-refractivity contribution < 1.29 is 0 Å². The zero-order chi connectivity index (χ0) is 31.1. The molecule has 0 N–H and O–H groups in total. The summed E-state index contributed by atoms with van der Waals surface area (Å²) in [4.78, 5) is 0. The maximum absolute atomic E-state index is 3.81. The van der Waals surface area contributed by atoms with Crippen LogP contribution in [0.25, 0.3) is 16.7 Å². The number of hydrogen-bond acceptors (Lipinski definition) is 2. The average molecular weight is 686 g/mol. The first-order chi connectivity index (χ1) is 23.2. The molecule has 6 aromatic carbocycles. The minimum Gasteiger partial charge on any atom is -0.297 e. The molecule has 0 fully saturated rings. The highest BCUT2D eigenvalue weighted by Gasteiger charge is 2.54. The fourth-order valence-electron chi connectivity index (χ4n) is 8.45. The minimum absolute atomic E-state index is 0.328. The molecule has 1 spiro atoms. The van der Waals surface area contributed by atoms with Gasteiger partial charge in [0.1, 0.15) is 8.22 Å². The van der Waals surface area contributed by atoms with Crippen LogP contribution >= 0.6 is 24.2 Å². The number of allylic oxidation sites excluding steroid dienone is 4. The van der Waals surface area contributed by atoms with Crippen molar-refractivity contribution in [3.63, 3.8) is 0 Å². The first-order valence-electron chi connectivity index (χ1n) is 16.3. The molecule has 0 saturated carbocycles. The Morgan fingerprint density at radius 1 is 0.511 bits per heavy atom. The van der Waals surface area contributed by atoms with Crippen LogP contribution in [0.2, 0.25) is 0 Å². The lowest BCUT2D eigenvalue weighted by molar-refractivity contribution is 0.783. The van der Waals surface area contributed by atoms with Crippen molar-refractivity contribution >= 4 is 57.8 Å². The summed E-state index contributed by atoms with van der Waals surface area (Å²) in [6.07, 6.45) is 7.19. The summed E-state index contributed by atoms with van der Waals surface area (Å²) in [5.74, 6) is 0. The third-order valence-electron chi connectivity index (χ3n) is 10.2. The van der Waals surface area contributed by atoms with Crippen molar-refractivity contribution in [3.8, 4) is 11.1 Å². The van der Waals surface area contributed by atoms with Crippen LogP contribution in [0.5, 0.6) is 0 Å². The van der Waals surface area contributed by atoms with Crippen LogP contribution < -0.4 is 14.6 Å². The van der Waals surface area contributed by atoms with E-state index in [9.17, 15) is 0 Å². The summed E-state index contributed by atoms with van der Waals surface area (Å²) in [6.45, 7) is 0. The molecule has 0 saturated heterocycles. The van der Waals surface area contributed by atoms with Gasteiger partial charge in [-0.1, -0.05) is 125 Å². The molecule has 0 radical (unpaired) electrons. The maximum Gasteiger partial charge on any atom is 0.138 e. The Hall–Kier alpha value is -4.69. The van der Waals surface area contributed by atoms with E-state index in [1.807, 2.05) is 0 Å². The van der Waals surface area contributed by atoms with Crippen molar-refractivity contribution in [2.24, 2.45) is 0 Å². The van der Waals surface area contributed by atoms with Crippen molar-refractivity contribution in [2.75, 3.05) is 9.34 Å². The molecular weight excluding hydrogens is 655 g/mol. The topological polar surface area (TPSA) is 6.48 Å². The summed E-state index contributed by atoms with van der Waals surface area (Å²) >= 11 is 3.81. The van der Waals surface area contributed by atoms with E-state index in [2.05, 4.69) is 183 Å². The Morgan fingerprint density at radius 2 is 1.11 bits per heavy atom. The maximum atomic E-state index is 3.81. The summed E-state index contributed by atoms with van der Waals surface area (Å²) in [7, 11) is -1.05. The lowest BCUT2D eigenvalue weighted by Gasteiger charge is -2.35. The molecule has 4 heteroatoms. The lowest BCUT2D eigenvalue weighted by atomic mass is 9.69. The third-order valence-corrected chi connectivity index (χ3v) is 13.1. The van der Waals surface area contributed by atoms with E-state index in [-0.39, 0.29) is 5.41 Å². The molecule has 0 bridgehead atoms. The van der Waals surface area contributed by atoms with E-state index in [0.29, 0.717) is 0 Å². The molecule has 2 nitrogen and oxygen atoms in total. The number of benzene rings is 6. The minimum atomic E-state index is -1.05. The second kappa shape index (κ2) is 10.4. The summed E-state index contributed by atoms with van der Waals surface area (Å²) in [5.41, 5.74) is 15.7. The van der Waals surface area contributed by atoms with Gasteiger partial charge in [0.2, 0.25) is 0 Å². The predicted octanol–water partition coefficient (Wildman–Crippen LogP) is 11.8. The normalized spacial score (nSPS) is 19.9. The first kappa shape index (κ1) is 27.4. The fourth-order valence-corrected chi connectivity index (χ4v) is 11.3. The number of para-hydroxylation sites is 2. The van der Waals surface area contributed by atoms with Crippen molar-refractivity contribution in [3.05, 3.63) is 190 Å². The van der Waals surface area contributed by atoms with Gasteiger partial charge in [0.15, 0.2) is 0 Å². The van der Waals surface area contributed by atoms with Gasteiger partial charge in [0.25, 0.3) is 0 Å². The van der Waals surface area contributed by atoms with Crippen LogP contribution in [-0.4, -0.2) is 0 Å². The number of nitrogens with zero attached hydrogens (tertiary/aromatic N) is 2. The van der Waals surface area contributed by atoms with Crippen LogP contribution in [0, 0.1) is 0 Å². The number of anilines is 4. The van der Waals surface area contributed by atoms with Gasteiger partial charge in [-0.05, 0) is 106 Å². The van der Waals surface area contributed by atoms with E-state index in [0.717, 1.165) is 17.3 Å². The Labute approximate surface area is 285 Å². The Balaban J connectivity index is 1.27. The van der Waals surface area contributed by atoms with Gasteiger partial charge in [-0.15, -0.1) is 0 Å². The van der Waals surface area contributed by atoms with Gasteiger partial charge in [-0.3, -0.25) is 9.34 Å². The van der Waals surface area contributed by atoms with Crippen molar-refractivity contribution in [1.82, 2.24) is 0 Å². The summed E-state index contributed by atoms with van der Waals surface area (Å²) < 4.78 is 6.23. The Bertz CT molecular complexity index is 2290. The molecule has 0 amide bonds. The highest BCUT2D eigenvalue weighted by atomic mass is 79.9. The fraction of sp³-hybridized carbons (Fsp3) is 0.0698. The van der Waals surface area contributed by atoms with Crippen molar-refractivity contribution in [1.29, 1.82) is 0 Å². The average Bonchev–Trinajstić information content (AvgIpc) is 3.74. The number of halogens is 1. The van der Waals surface area contributed by atoms with Crippen LogP contribution in [-0.2, 0) is 5.41 Å². The predicted molar refractivity (Wildman–Crippen MR) is 201 cm³/mol. The molecule has 2 atom stereocenters. The molecule has 1 heterocycles. The summed E-state index contributed by atoms with van der Waals surface area (Å²) in [5, 5.41) is 1.33. The second-order valence-electron chi connectivity index (χ2n) is 12.6. The Kier molecular flexibility index (Phi) is 6.07. The molecule has 224 valence electrons. The Morgan fingerprint density at radius 3 is 1.85 bits per heavy atom. The molecule has 4 aliphatic rings. The molecule has 0 aromatic heterocycles. The molecule has 3 aliphatic carbocycles. The first-order valence-corrected chi connectivity index (χ1v) is 18.3. The van der Waals surface area contributed by atoms with E-state index in [1.165, 1.54) is 72.6 Å². The van der Waals surface area contributed by atoms with Gasteiger partial charge in [0, 0.05) is 21.2 Å². The van der Waals surface area contributed by atoms with Crippen LogP contribution in [0.1, 0.15) is 35.1 Å². The third kappa shape index (κ3) is 3.76. The van der Waals surface area contributed by atoms with Crippen LogP contribution in [0.3, 0.4) is 0 Å². The highest BCUT2D eigenvalue weighted by molar-refractivity contribution is 9.10. The number of rotatable bonds is 3. The van der Waals surface area contributed by atoms with Gasteiger partial charge in [-0.25, -0.2) is 0 Å². The second-order valence-corrected chi connectivity index (χ2v) is 15.4. The van der Waals surface area contributed by atoms with Gasteiger partial charge < -0.3 is 0 Å². The number of hydrogen-bond donors (Lipinski definition) is 0. The smallest absolute Gasteiger partial charge is 0.138 e. The molecular formula is C43H30BrN2P. The van der Waals surface area contributed by atoms with Crippen molar-refractivity contribution in [2.45, 2.75) is 18.3 Å². The number of fused-ring (bicyclic) bond motifs is 11. The van der Waals surface area contributed by atoms with E-state index >= 15 is 0 Å². The van der Waals surface area contributed by atoms with Gasteiger partial charge >= 0.3 is 0 Å². The van der Waals surface area contributed by atoms with E-state index in [1.54, 1.807) is 0 Å². The molecule has 2 unspecified atom stereocenters. The molecule has 10 rings (SSSR count). The largest absolute Gasteiger partial charge is 0.297 e. The monoisotopic (exact) mass is 684 g/mol. The zero-order valence-electron chi connectivity index (χ0n) is 25.6. The molecule has 6 aromatic rings. The zero-order valence-corrected chi connectivity index (χ0v) is 28.1. The van der Waals surface area contributed by atoms with E-state index in [4.69, 9.17) is 0 Å². The van der Waals surface area contributed by atoms with Gasteiger partial charge in [-0.2, -0.15) is 0 Å².